The van der Waals surface area contributed by atoms with Gasteiger partial charge in [-0.2, -0.15) is 0 Å². The molecule has 6 nitrogen and oxygen atoms in total. The minimum Gasteiger partial charge on any atom is -0.368 e. The van der Waals surface area contributed by atoms with E-state index in [4.69, 9.17) is 5.73 Å². The van der Waals surface area contributed by atoms with Crippen LogP contribution < -0.4 is 10.6 Å². The van der Waals surface area contributed by atoms with Gasteiger partial charge in [-0.1, -0.05) is 0 Å². The lowest BCUT2D eigenvalue weighted by molar-refractivity contribution is 0.428. The van der Waals surface area contributed by atoms with E-state index in [1.54, 1.807) is 12.4 Å². The predicted molar refractivity (Wildman–Crippen MR) is 87.9 cm³/mol. The SMILES string of the molecule is Nc1nccc(-c2c[nH]c3nccc(N4CCCC4CF)c23)n1. The Balaban J connectivity index is 1.91. The molecule has 1 saturated heterocycles. The van der Waals surface area contributed by atoms with Crippen molar-refractivity contribution in [3.63, 3.8) is 0 Å². The molecule has 0 spiro atoms. The number of pyridine rings is 1. The molecule has 3 aromatic rings. The number of aromatic nitrogens is 4. The van der Waals surface area contributed by atoms with Crippen LogP contribution in [0.1, 0.15) is 12.8 Å². The Morgan fingerprint density at radius 1 is 1.30 bits per heavy atom. The van der Waals surface area contributed by atoms with Gasteiger partial charge in [0.25, 0.3) is 0 Å². The Hall–Kier alpha value is -2.70. The van der Waals surface area contributed by atoms with Crippen LogP contribution in [0.15, 0.2) is 30.7 Å². The molecule has 7 heteroatoms. The van der Waals surface area contributed by atoms with Gasteiger partial charge in [-0.15, -0.1) is 0 Å². The van der Waals surface area contributed by atoms with Crippen LogP contribution in [0.25, 0.3) is 22.3 Å². The fourth-order valence-electron chi connectivity index (χ4n) is 3.32. The first kappa shape index (κ1) is 13.9. The first-order valence-corrected chi connectivity index (χ1v) is 7.65. The summed E-state index contributed by atoms with van der Waals surface area (Å²) < 4.78 is 13.3. The fourth-order valence-corrected chi connectivity index (χ4v) is 3.32. The second-order valence-electron chi connectivity index (χ2n) is 5.70. The zero-order valence-electron chi connectivity index (χ0n) is 12.5. The molecule has 1 fully saturated rings. The minimum absolute atomic E-state index is 0.0705. The van der Waals surface area contributed by atoms with Crippen molar-refractivity contribution in [3.8, 4) is 11.3 Å². The zero-order valence-corrected chi connectivity index (χ0v) is 12.5. The van der Waals surface area contributed by atoms with Crippen LogP contribution in [0.5, 0.6) is 0 Å². The van der Waals surface area contributed by atoms with E-state index in [2.05, 4.69) is 24.8 Å². The Bertz CT molecular complexity index is 845. The third-order valence-corrected chi connectivity index (χ3v) is 4.37. The molecule has 0 radical (unpaired) electrons. The molecule has 1 unspecified atom stereocenters. The predicted octanol–water partition coefficient (Wildman–Crippen LogP) is 2.54. The summed E-state index contributed by atoms with van der Waals surface area (Å²) >= 11 is 0. The van der Waals surface area contributed by atoms with Gasteiger partial charge in [0.2, 0.25) is 5.95 Å². The number of nitrogens with two attached hydrogens (primary N) is 1. The summed E-state index contributed by atoms with van der Waals surface area (Å²) in [7, 11) is 0. The molecule has 3 N–H and O–H groups in total. The number of aromatic amines is 1. The van der Waals surface area contributed by atoms with Crippen LogP contribution in [0.4, 0.5) is 16.0 Å². The lowest BCUT2D eigenvalue weighted by atomic mass is 10.1. The Morgan fingerprint density at radius 2 is 2.17 bits per heavy atom. The monoisotopic (exact) mass is 312 g/mol. The molecular weight excluding hydrogens is 295 g/mol. The highest BCUT2D eigenvalue weighted by Gasteiger charge is 2.27. The number of alkyl halides is 1. The second kappa shape index (κ2) is 5.49. The Morgan fingerprint density at radius 3 is 3.00 bits per heavy atom. The maximum absolute atomic E-state index is 13.3. The van der Waals surface area contributed by atoms with Crippen molar-refractivity contribution < 1.29 is 4.39 Å². The normalized spacial score (nSPS) is 18.0. The largest absolute Gasteiger partial charge is 0.368 e. The third kappa shape index (κ3) is 2.28. The molecule has 118 valence electrons. The number of fused-ring (bicyclic) bond motifs is 1. The first-order valence-electron chi connectivity index (χ1n) is 7.65. The minimum atomic E-state index is -0.343. The van der Waals surface area contributed by atoms with Crippen molar-refractivity contribution in [2.45, 2.75) is 18.9 Å². The summed E-state index contributed by atoms with van der Waals surface area (Å²) in [6.45, 7) is 0.508. The maximum atomic E-state index is 13.3. The van der Waals surface area contributed by atoms with Crippen LogP contribution in [0.2, 0.25) is 0 Å². The van der Waals surface area contributed by atoms with Crippen LogP contribution in [-0.2, 0) is 0 Å². The second-order valence-corrected chi connectivity index (χ2v) is 5.70. The standard InChI is InChI=1S/C16H17FN6/c17-8-10-2-1-7-23(10)13-4-6-19-15-14(13)11(9-21-15)12-3-5-20-16(18)22-12/h3-6,9-10H,1-2,7-8H2,(H,19,21)(H2,18,20,22). The fraction of sp³-hybridized carbons (Fsp3) is 0.312. The first-order chi connectivity index (χ1) is 11.3. The molecular formula is C16H17FN6. The number of nitrogen functional groups attached to an aromatic ring is 1. The van der Waals surface area contributed by atoms with E-state index in [0.29, 0.717) is 0 Å². The van der Waals surface area contributed by atoms with Gasteiger partial charge in [-0.3, -0.25) is 0 Å². The van der Waals surface area contributed by atoms with E-state index in [-0.39, 0.29) is 18.7 Å². The number of halogens is 1. The van der Waals surface area contributed by atoms with Gasteiger partial charge in [-0.05, 0) is 25.0 Å². The van der Waals surface area contributed by atoms with E-state index >= 15 is 0 Å². The summed E-state index contributed by atoms with van der Waals surface area (Å²) in [5.74, 6) is 0.227. The number of hydrogen-bond acceptors (Lipinski definition) is 5. The molecule has 0 aliphatic carbocycles. The van der Waals surface area contributed by atoms with Gasteiger partial charge >= 0.3 is 0 Å². The summed E-state index contributed by atoms with van der Waals surface area (Å²) in [5.41, 5.74) is 9.09. The van der Waals surface area contributed by atoms with Gasteiger partial charge in [0.15, 0.2) is 0 Å². The molecule has 0 aromatic carbocycles. The van der Waals surface area contributed by atoms with E-state index in [1.165, 1.54) is 0 Å². The van der Waals surface area contributed by atoms with Gasteiger partial charge in [0.1, 0.15) is 12.3 Å². The number of H-pyrrole nitrogens is 1. The third-order valence-electron chi connectivity index (χ3n) is 4.37. The number of rotatable bonds is 3. The zero-order chi connectivity index (χ0) is 15.8. The van der Waals surface area contributed by atoms with Crippen molar-refractivity contribution in [2.24, 2.45) is 0 Å². The van der Waals surface area contributed by atoms with Crippen molar-refractivity contribution >= 4 is 22.7 Å². The molecule has 23 heavy (non-hydrogen) atoms. The number of hydrogen-bond donors (Lipinski definition) is 2. The molecule has 0 saturated carbocycles. The summed E-state index contributed by atoms with van der Waals surface area (Å²) in [6, 6.07) is 3.68. The van der Waals surface area contributed by atoms with E-state index in [0.717, 1.165) is 47.4 Å². The molecule has 0 amide bonds. The van der Waals surface area contributed by atoms with Crippen molar-refractivity contribution in [2.75, 3.05) is 23.9 Å². The van der Waals surface area contributed by atoms with Gasteiger partial charge < -0.3 is 15.6 Å². The van der Waals surface area contributed by atoms with E-state index in [9.17, 15) is 4.39 Å². The molecule has 3 aromatic heterocycles. The average molecular weight is 312 g/mol. The smallest absolute Gasteiger partial charge is 0.220 e. The van der Waals surface area contributed by atoms with Crippen LogP contribution >= 0.6 is 0 Å². The van der Waals surface area contributed by atoms with Crippen LogP contribution in [-0.4, -0.2) is 39.2 Å². The summed E-state index contributed by atoms with van der Waals surface area (Å²) in [5, 5.41) is 0.950. The van der Waals surface area contributed by atoms with Crippen LogP contribution in [0.3, 0.4) is 0 Å². The number of nitrogens with zero attached hydrogens (tertiary/aromatic N) is 4. The average Bonchev–Trinajstić information content (AvgIpc) is 3.21. The van der Waals surface area contributed by atoms with Crippen molar-refractivity contribution in [1.29, 1.82) is 0 Å². The molecule has 1 atom stereocenters. The molecule has 1 aliphatic heterocycles. The topological polar surface area (TPSA) is 83.7 Å². The summed E-state index contributed by atoms with van der Waals surface area (Å²) in [6.07, 6.45) is 7.12. The van der Waals surface area contributed by atoms with Crippen molar-refractivity contribution in [3.05, 3.63) is 30.7 Å². The molecule has 1 aliphatic rings. The molecule has 4 rings (SSSR count). The highest BCUT2D eigenvalue weighted by Crippen LogP contribution is 2.37. The summed E-state index contributed by atoms with van der Waals surface area (Å²) in [4.78, 5) is 17.9. The Kier molecular flexibility index (Phi) is 3.33. The highest BCUT2D eigenvalue weighted by atomic mass is 19.1. The van der Waals surface area contributed by atoms with Crippen molar-refractivity contribution in [1.82, 2.24) is 19.9 Å². The van der Waals surface area contributed by atoms with Gasteiger partial charge in [-0.25, -0.2) is 19.3 Å². The Labute approximate surface area is 132 Å². The maximum Gasteiger partial charge on any atom is 0.220 e. The molecule has 4 heterocycles. The van der Waals surface area contributed by atoms with Gasteiger partial charge in [0, 0.05) is 30.7 Å². The quantitative estimate of drug-likeness (QED) is 0.776. The van der Waals surface area contributed by atoms with E-state index in [1.807, 2.05) is 18.3 Å². The molecule has 0 bridgehead atoms. The highest BCUT2D eigenvalue weighted by molar-refractivity contribution is 6.02. The van der Waals surface area contributed by atoms with E-state index < -0.39 is 0 Å². The number of nitrogens with one attached hydrogen (secondary N) is 1. The lowest BCUT2D eigenvalue weighted by Gasteiger charge is -2.25. The lowest BCUT2D eigenvalue weighted by Crippen LogP contribution is -2.30. The van der Waals surface area contributed by atoms with Gasteiger partial charge in [0.05, 0.1) is 22.8 Å². The number of anilines is 2. The van der Waals surface area contributed by atoms with Crippen LogP contribution in [0, 0.1) is 0 Å².